The number of amides is 2. The molecule has 2 N–H and O–H groups in total. The Bertz CT molecular complexity index is 974. The maximum atomic E-state index is 13.5. The third-order valence-electron chi connectivity index (χ3n) is 3.66. The van der Waals surface area contributed by atoms with Gasteiger partial charge >= 0.3 is 0 Å². The van der Waals surface area contributed by atoms with E-state index in [2.05, 4.69) is 15.6 Å². The number of halogens is 3. The Kier molecular flexibility index (Phi) is 5.70. The van der Waals surface area contributed by atoms with Crippen LogP contribution in [0.2, 0.25) is 0 Å². The van der Waals surface area contributed by atoms with Crippen LogP contribution < -0.4 is 10.6 Å². The zero-order valence-electron chi connectivity index (χ0n) is 13.9. The number of nitrogens with zero attached hydrogens (tertiary/aromatic N) is 1. The number of thiazole rings is 1. The SMILES string of the molecule is O=C(CCc1nc2ccccc2s1)NCC(=O)Nc1ccc(F)c(F)c1F. The molecule has 0 aliphatic heterocycles. The first-order chi connectivity index (χ1) is 12.9. The van der Waals surface area contributed by atoms with Crippen molar-refractivity contribution < 1.29 is 22.8 Å². The molecule has 0 fully saturated rings. The molecule has 3 rings (SSSR count). The fourth-order valence-corrected chi connectivity index (χ4v) is 3.30. The highest BCUT2D eigenvalue weighted by Crippen LogP contribution is 2.22. The van der Waals surface area contributed by atoms with Gasteiger partial charge in [-0.2, -0.15) is 0 Å². The number of benzene rings is 2. The van der Waals surface area contributed by atoms with Crippen LogP contribution in [-0.2, 0) is 16.0 Å². The number of fused-ring (bicyclic) bond motifs is 1. The molecule has 0 aliphatic carbocycles. The molecule has 140 valence electrons. The molecule has 0 spiro atoms. The van der Waals surface area contributed by atoms with Gasteiger partial charge in [0.1, 0.15) is 0 Å². The third-order valence-corrected chi connectivity index (χ3v) is 4.76. The molecular weight excluding hydrogens is 379 g/mol. The van der Waals surface area contributed by atoms with Gasteiger partial charge in [-0.1, -0.05) is 12.1 Å². The number of rotatable bonds is 6. The van der Waals surface area contributed by atoms with E-state index in [1.165, 1.54) is 11.3 Å². The number of aromatic nitrogens is 1. The van der Waals surface area contributed by atoms with Crippen molar-refractivity contribution in [3.05, 3.63) is 58.9 Å². The molecule has 1 heterocycles. The van der Waals surface area contributed by atoms with Crippen molar-refractivity contribution in [2.24, 2.45) is 0 Å². The molecule has 9 heteroatoms. The van der Waals surface area contributed by atoms with Crippen molar-refractivity contribution in [3.63, 3.8) is 0 Å². The molecule has 0 saturated carbocycles. The average molecular weight is 393 g/mol. The number of hydrogen-bond donors (Lipinski definition) is 2. The Balaban J connectivity index is 1.47. The predicted octanol–water partition coefficient (Wildman–Crippen LogP) is 3.40. The first-order valence-electron chi connectivity index (χ1n) is 7.98. The largest absolute Gasteiger partial charge is 0.347 e. The molecule has 0 unspecified atom stereocenters. The van der Waals surface area contributed by atoms with Gasteiger partial charge in [-0.3, -0.25) is 9.59 Å². The average Bonchev–Trinajstić information content (AvgIpc) is 3.08. The fraction of sp³-hybridized carbons (Fsp3) is 0.167. The molecule has 2 amide bonds. The van der Waals surface area contributed by atoms with Crippen molar-refractivity contribution in [2.75, 3.05) is 11.9 Å². The van der Waals surface area contributed by atoms with Gasteiger partial charge in [-0.25, -0.2) is 18.2 Å². The molecule has 0 bridgehead atoms. The van der Waals surface area contributed by atoms with E-state index in [-0.39, 0.29) is 12.3 Å². The molecule has 0 saturated heterocycles. The Morgan fingerprint density at radius 3 is 2.56 bits per heavy atom. The van der Waals surface area contributed by atoms with Gasteiger partial charge in [0.05, 0.1) is 27.5 Å². The summed E-state index contributed by atoms with van der Waals surface area (Å²) >= 11 is 1.49. The number of anilines is 1. The first-order valence-corrected chi connectivity index (χ1v) is 8.80. The number of nitrogens with one attached hydrogen (secondary N) is 2. The van der Waals surface area contributed by atoms with Gasteiger partial charge in [0, 0.05) is 12.8 Å². The molecule has 5 nitrogen and oxygen atoms in total. The third kappa shape index (κ3) is 4.62. The van der Waals surface area contributed by atoms with Crippen LogP contribution in [0.3, 0.4) is 0 Å². The second-order valence-corrected chi connectivity index (χ2v) is 6.74. The molecule has 1 aromatic heterocycles. The van der Waals surface area contributed by atoms with E-state index >= 15 is 0 Å². The van der Waals surface area contributed by atoms with Crippen LogP contribution in [0.4, 0.5) is 18.9 Å². The van der Waals surface area contributed by atoms with Crippen LogP contribution in [0.1, 0.15) is 11.4 Å². The highest BCUT2D eigenvalue weighted by molar-refractivity contribution is 7.18. The van der Waals surface area contributed by atoms with Crippen LogP contribution >= 0.6 is 11.3 Å². The Labute approximate surface area is 156 Å². The fourth-order valence-electron chi connectivity index (χ4n) is 2.33. The monoisotopic (exact) mass is 393 g/mol. The lowest BCUT2D eigenvalue weighted by molar-refractivity contribution is -0.124. The van der Waals surface area contributed by atoms with Crippen LogP contribution in [-0.4, -0.2) is 23.3 Å². The van der Waals surface area contributed by atoms with Crippen molar-refractivity contribution in [3.8, 4) is 0 Å². The lowest BCUT2D eigenvalue weighted by Gasteiger charge is -2.08. The maximum Gasteiger partial charge on any atom is 0.243 e. The van der Waals surface area contributed by atoms with E-state index in [9.17, 15) is 22.8 Å². The van der Waals surface area contributed by atoms with Crippen LogP contribution in [0.25, 0.3) is 10.2 Å². The zero-order valence-corrected chi connectivity index (χ0v) is 14.7. The summed E-state index contributed by atoms with van der Waals surface area (Å²) in [7, 11) is 0. The van der Waals surface area contributed by atoms with E-state index in [1.807, 2.05) is 24.3 Å². The molecule has 3 aromatic rings. The second kappa shape index (κ2) is 8.17. The number of hydrogen-bond acceptors (Lipinski definition) is 4. The quantitative estimate of drug-likeness (QED) is 0.631. The van der Waals surface area contributed by atoms with Crippen LogP contribution in [0.15, 0.2) is 36.4 Å². The van der Waals surface area contributed by atoms with E-state index < -0.39 is 35.6 Å². The lowest BCUT2D eigenvalue weighted by atomic mass is 10.2. The van der Waals surface area contributed by atoms with Crippen molar-refractivity contribution in [2.45, 2.75) is 12.8 Å². The smallest absolute Gasteiger partial charge is 0.243 e. The van der Waals surface area contributed by atoms with E-state index in [0.29, 0.717) is 12.5 Å². The van der Waals surface area contributed by atoms with Gasteiger partial charge in [0.2, 0.25) is 11.8 Å². The predicted molar refractivity (Wildman–Crippen MR) is 95.9 cm³/mol. The summed E-state index contributed by atoms with van der Waals surface area (Å²) in [4.78, 5) is 28.0. The molecule has 0 atom stereocenters. The normalized spacial score (nSPS) is 10.8. The Hall–Kier alpha value is -2.94. The number of carbonyl (C=O) groups is 2. The van der Waals surface area contributed by atoms with Crippen molar-refractivity contribution in [1.82, 2.24) is 10.3 Å². The molecule has 2 aromatic carbocycles. The first kappa shape index (κ1) is 18.8. The number of carbonyl (C=O) groups excluding carboxylic acids is 2. The van der Waals surface area contributed by atoms with E-state index in [1.54, 1.807) is 0 Å². The summed E-state index contributed by atoms with van der Waals surface area (Å²) in [5.74, 6) is -5.66. The summed E-state index contributed by atoms with van der Waals surface area (Å²) in [5, 5.41) is 5.27. The molecule has 27 heavy (non-hydrogen) atoms. The Morgan fingerprint density at radius 2 is 1.78 bits per heavy atom. The summed E-state index contributed by atoms with van der Waals surface area (Å²) in [6.07, 6.45) is 0.553. The second-order valence-electron chi connectivity index (χ2n) is 5.62. The highest BCUT2D eigenvalue weighted by atomic mass is 32.1. The summed E-state index contributed by atoms with van der Waals surface area (Å²) in [6.45, 7) is -0.420. The lowest BCUT2D eigenvalue weighted by Crippen LogP contribution is -2.33. The van der Waals surface area contributed by atoms with Crippen molar-refractivity contribution >= 4 is 39.1 Å². The van der Waals surface area contributed by atoms with E-state index in [4.69, 9.17) is 0 Å². The standard InChI is InChI=1S/C18H14F3N3O2S/c19-10-5-6-12(18(21)17(10)20)23-15(26)9-22-14(25)7-8-16-24-11-3-1-2-4-13(11)27-16/h1-6H,7-9H2,(H,22,25)(H,23,26). The minimum Gasteiger partial charge on any atom is -0.347 e. The van der Waals surface area contributed by atoms with Gasteiger partial charge < -0.3 is 10.6 Å². The number of aryl methyl sites for hydroxylation is 1. The molecule has 0 radical (unpaired) electrons. The van der Waals surface area contributed by atoms with Crippen LogP contribution in [0, 0.1) is 17.5 Å². The summed E-state index contributed by atoms with van der Waals surface area (Å²) < 4.78 is 40.5. The summed E-state index contributed by atoms with van der Waals surface area (Å²) in [5.41, 5.74) is 0.369. The van der Waals surface area contributed by atoms with Gasteiger partial charge in [0.25, 0.3) is 0 Å². The van der Waals surface area contributed by atoms with E-state index in [0.717, 1.165) is 21.3 Å². The minimum absolute atomic E-state index is 0.132. The van der Waals surface area contributed by atoms with Gasteiger partial charge in [0.15, 0.2) is 17.5 Å². The Morgan fingerprint density at radius 1 is 1.00 bits per heavy atom. The number of para-hydroxylation sites is 1. The molecule has 0 aliphatic rings. The van der Waals surface area contributed by atoms with Gasteiger partial charge in [-0.15, -0.1) is 11.3 Å². The zero-order chi connectivity index (χ0) is 19.4. The highest BCUT2D eigenvalue weighted by Gasteiger charge is 2.15. The van der Waals surface area contributed by atoms with Gasteiger partial charge in [-0.05, 0) is 24.3 Å². The summed E-state index contributed by atoms with van der Waals surface area (Å²) in [6, 6.07) is 9.22. The minimum atomic E-state index is -1.67. The van der Waals surface area contributed by atoms with Crippen LogP contribution in [0.5, 0.6) is 0 Å². The topological polar surface area (TPSA) is 71.1 Å². The molecular formula is C18H14F3N3O2S. The maximum absolute atomic E-state index is 13.5. The van der Waals surface area contributed by atoms with Crippen molar-refractivity contribution in [1.29, 1.82) is 0 Å².